The van der Waals surface area contributed by atoms with Gasteiger partial charge in [-0.25, -0.2) is 0 Å². The molecule has 2 aliphatic rings. The van der Waals surface area contributed by atoms with Crippen molar-refractivity contribution in [1.82, 2.24) is 9.80 Å². The van der Waals surface area contributed by atoms with Crippen LogP contribution < -0.4 is 9.47 Å². The molecule has 5 nitrogen and oxygen atoms in total. The van der Waals surface area contributed by atoms with Crippen LogP contribution in [0.5, 0.6) is 11.5 Å². The molecule has 1 aliphatic carbocycles. The Labute approximate surface area is 164 Å². The van der Waals surface area contributed by atoms with Crippen molar-refractivity contribution in [1.29, 1.82) is 0 Å². The molecule has 0 spiro atoms. The number of hydrogen-bond acceptors (Lipinski definition) is 4. The van der Waals surface area contributed by atoms with Crippen LogP contribution in [0.15, 0.2) is 17.8 Å². The fraction of sp³-hybridized carbons (Fsp3) is 0.474. The van der Waals surface area contributed by atoms with Gasteiger partial charge in [0.15, 0.2) is 5.11 Å². The third-order valence-electron chi connectivity index (χ3n) is 5.03. The number of thiocarbonyl (C=S) groups is 1. The van der Waals surface area contributed by atoms with Gasteiger partial charge in [-0.2, -0.15) is 0 Å². The summed E-state index contributed by atoms with van der Waals surface area (Å²) < 4.78 is 10.7. The Morgan fingerprint density at radius 2 is 1.81 bits per heavy atom. The lowest BCUT2D eigenvalue weighted by atomic mass is 9.94. The molecule has 0 aromatic heterocycles. The van der Waals surface area contributed by atoms with Crippen molar-refractivity contribution in [3.05, 3.63) is 28.4 Å². The van der Waals surface area contributed by atoms with Crippen LogP contribution >= 0.6 is 23.8 Å². The van der Waals surface area contributed by atoms with Crippen molar-refractivity contribution in [3.63, 3.8) is 0 Å². The molecule has 1 saturated carbocycles. The second kappa shape index (κ2) is 7.84. The van der Waals surface area contributed by atoms with Crippen LogP contribution in [0.3, 0.4) is 0 Å². The molecule has 26 heavy (non-hydrogen) atoms. The highest BCUT2D eigenvalue weighted by atomic mass is 35.5. The van der Waals surface area contributed by atoms with Crippen LogP contribution in [0.25, 0.3) is 6.08 Å². The molecule has 1 amide bonds. The molecule has 7 heteroatoms. The van der Waals surface area contributed by atoms with E-state index in [0.29, 0.717) is 32.9 Å². The van der Waals surface area contributed by atoms with E-state index < -0.39 is 0 Å². The summed E-state index contributed by atoms with van der Waals surface area (Å²) in [6.07, 6.45) is 7.30. The molecule has 1 aromatic rings. The Bertz CT molecular complexity index is 759. The Hall–Kier alpha value is -1.79. The van der Waals surface area contributed by atoms with E-state index in [-0.39, 0.29) is 11.9 Å². The maximum absolute atomic E-state index is 13.1. The number of hydrogen-bond donors (Lipinski definition) is 0. The van der Waals surface area contributed by atoms with Gasteiger partial charge in [0.2, 0.25) is 0 Å². The molecule has 3 rings (SSSR count). The minimum atomic E-state index is -0.0570. The van der Waals surface area contributed by atoms with Crippen LogP contribution in [-0.2, 0) is 4.79 Å². The average Bonchev–Trinajstić information content (AvgIpc) is 2.86. The van der Waals surface area contributed by atoms with Crippen molar-refractivity contribution in [3.8, 4) is 11.5 Å². The van der Waals surface area contributed by atoms with E-state index in [2.05, 4.69) is 0 Å². The largest absolute Gasteiger partial charge is 0.496 e. The van der Waals surface area contributed by atoms with Gasteiger partial charge in [-0.3, -0.25) is 9.69 Å². The van der Waals surface area contributed by atoms with Gasteiger partial charge in [-0.05, 0) is 37.2 Å². The fourth-order valence-corrected chi connectivity index (χ4v) is 4.16. The van der Waals surface area contributed by atoms with Gasteiger partial charge in [0, 0.05) is 24.7 Å². The number of likely N-dealkylation sites (N-methyl/N-ethyl adjacent to an activating group) is 1. The first kappa shape index (κ1) is 19.0. The predicted molar refractivity (Wildman–Crippen MR) is 107 cm³/mol. The Balaban J connectivity index is 1.97. The Morgan fingerprint density at radius 3 is 2.42 bits per heavy atom. The summed E-state index contributed by atoms with van der Waals surface area (Å²) in [4.78, 5) is 16.6. The van der Waals surface area contributed by atoms with Gasteiger partial charge >= 0.3 is 0 Å². The minimum absolute atomic E-state index is 0.0570. The third kappa shape index (κ3) is 3.40. The molecule has 0 N–H and O–H groups in total. The van der Waals surface area contributed by atoms with Crippen molar-refractivity contribution in [2.24, 2.45) is 0 Å². The van der Waals surface area contributed by atoms with Crippen molar-refractivity contribution >= 4 is 40.9 Å². The molecule has 1 saturated heterocycles. The summed E-state index contributed by atoms with van der Waals surface area (Å²) in [5.74, 6) is 1.05. The molecule has 0 bridgehead atoms. The third-order valence-corrected chi connectivity index (χ3v) is 5.79. The quantitative estimate of drug-likeness (QED) is 0.568. The molecule has 0 atom stereocenters. The highest BCUT2D eigenvalue weighted by molar-refractivity contribution is 7.80. The van der Waals surface area contributed by atoms with E-state index in [4.69, 9.17) is 33.3 Å². The van der Waals surface area contributed by atoms with E-state index in [0.717, 1.165) is 25.7 Å². The second-order valence-corrected chi connectivity index (χ2v) is 7.34. The van der Waals surface area contributed by atoms with Gasteiger partial charge in [-0.15, -0.1) is 0 Å². The number of benzene rings is 1. The second-order valence-electron chi connectivity index (χ2n) is 6.57. The maximum atomic E-state index is 13.1. The number of carbonyl (C=O) groups excluding carboxylic acids is 1. The molecule has 2 fully saturated rings. The zero-order valence-corrected chi connectivity index (χ0v) is 16.8. The first-order valence-corrected chi connectivity index (χ1v) is 9.51. The lowest BCUT2D eigenvalue weighted by Gasteiger charge is -2.30. The first-order valence-electron chi connectivity index (χ1n) is 8.72. The Morgan fingerprint density at radius 1 is 1.15 bits per heavy atom. The van der Waals surface area contributed by atoms with E-state index in [1.807, 2.05) is 7.05 Å². The summed E-state index contributed by atoms with van der Waals surface area (Å²) in [6.45, 7) is 0. The summed E-state index contributed by atoms with van der Waals surface area (Å²) in [6, 6.07) is 3.64. The number of carbonyl (C=O) groups is 1. The molecule has 1 aromatic carbocycles. The molecule has 140 valence electrons. The van der Waals surface area contributed by atoms with Gasteiger partial charge in [0.1, 0.15) is 17.2 Å². The summed E-state index contributed by atoms with van der Waals surface area (Å²) in [5, 5.41) is 1.02. The topological polar surface area (TPSA) is 42.0 Å². The zero-order valence-electron chi connectivity index (χ0n) is 15.3. The SMILES string of the molecule is COc1cc(OC)c(/C=C2/C(=O)N(C3CCCCC3)C(=S)N2C)cc1Cl. The number of ether oxygens (including phenoxy) is 2. The predicted octanol–water partition coefficient (Wildman–Crippen LogP) is 4.09. The molecule has 0 unspecified atom stereocenters. The van der Waals surface area contributed by atoms with Gasteiger partial charge in [0.05, 0.1) is 19.2 Å². The summed E-state index contributed by atoms with van der Waals surface area (Å²) in [5.41, 5.74) is 1.24. The van der Waals surface area contributed by atoms with Crippen LogP contribution in [0, 0.1) is 0 Å². The lowest BCUT2D eigenvalue weighted by molar-refractivity contribution is -0.124. The van der Waals surface area contributed by atoms with Crippen molar-refractivity contribution < 1.29 is 14.3 Å². The summed E-state index contributed by atoms with van der Waals surface area (Å²) in [7, 11) is 4.95. The van der Waals surface area contributed by atoms with Crippen molar-refractivity contribution in [2.75, 3.05) is 21.3 Å². The zero-order chi connectivity index (χ0) is 18.8. The van der Waals surface area contributed by atoms with E-state index in [1.54, 1.807) is 42.2 Å². The smallest absolute Gasteiger partial charge is 0.277 e. The number of methoxy groups -OCH3 is 2. The first-order chi connectivity index (χ1) is 12.5. The monoisotopic (exact) mass is 394 g/mol. The number of halogens is 1. The van der Waals surface area contributed by atoms with Crippen LogP contribution in [0.2, 0.25) is 5.02 Å². The highest BCUT2D eigenvalue weighted by Crippen LogP contribution is 2.36. The van der Waals surface area contributed by atoms with E-state index >= 15 is 0 Å². The van der Waals surface area contributed by atoms with Crippen LogP contribution in [-0.4, -0.2) is 48.1 Å². The van der Waals surface area contributed by atoms with Crippen molar-refractivity contribution in [2.45, 2.75) is 38.1 Å². The number of amides is 1. The molecule has 0 radical (unpaired) electrons. The number of nitrogens with zero attached hydrogens (tertiary/aromatic N) is 2. The maximum Gasteiger partial charge on any atom is 0.277 e. The van der Waals surface area contributed by atoms with Crippen LogP contribution in [0.4, 0.5) is 0 Å². The lowest BCUT2D eigenvalue weighted by Crippen LogP contribution is -2.41. The Kier molecular flexibility index (Phi) is 5.73. The van der Waals surface area contributed by atoms with Gasteiger partial charge in [0.25, 0.3) is 5.91 Å². The molecular formula is C19H23ClN2O3S. The minimum Gasteiger partial charge on any atom is -0.496 e. The molecule has 1 heterocycles. The standard InChI is InChI=1S/C19H23ClN2O3S/c1-21-15(10-12-9-14(20)17(25-3)11-16(12)24-2)18(23)22(19(21)26)13-7-5-4-6-8-13/h9-11,13H,4-8H2,1-3H3/b15-10-. The van der Waals surface area contributed by atoms with Gasteiger partial charge in [-0.1, -0.05) is 30.9 Å². The number of rotatable bonds is 4. The van der Waals surface area contributed by atoms with E-state index in [9.17, 15) is 4.79 Å². The fourth-order valence-electron chi connectivity index (χ4n) is 3.58. The molecular weight excluding hydrogens is 372 g/mol. The average molecular weight is 395 g/mol. The van der Waals surface area contributed by atoms with Gasteiger partial charge < -0.3 is 14.4 Å². The highest BCUT2D eigenvalue weighted by Gasteiger charge is 2.40. The molecule has 1 aliphatic heterocycles. The summed E-state index contributed by atoms with van der Waals surface area (Å²) >= 11 is 11.8. The van der Waals surface area contributed by atoms with E-state index in [1.165, 1.54) is 6.42 Å². The van der Waals surface area contributed by atoms with Crippen LogP contribution in [0.1, 0.15) is 37.7 Å². The normalized spacial score (nSPS) is 20.2.